The fourth-order valence-electron chi connectivity index (χ4n) is 14.3. The van der Waals surface area contributed by atoms with Crippen molar-refractivity contribution in [3.05, 3.63) is 197 Å². The first kappa shape index (κ1) is 91.9. The first-order valence-electron chi connectivity index (χ1n) is 42.4. The third-order valence-electron chi connectivity index (χ3n) is 21.7. The normalized spacial score (nSPS) is 13.1. The predicted octanol–water partition coefficient (Wildman–Crippen LogP) is 27.1. The molecule has 0 aliphatic carbocycles. The molecule has 598 valence electrons. The van der Waals surface area contributed by atoms with Crippen molar-refractivity contribution in [1.82, 2.24) is 0 Å². The van der Waals surface area contributed by atoms with Crippen LogP contribution in [0, 0.1) is 6.92 Å². The van der Waals surface area contributed by atoms with Crippen LogP contribution < -0.4 is 18.9 Å². The van der Waals surface area contributed by atoms with E-state index in [4.69, 9.17) is 28.9 Å². The van der Waals surface area contributed by atoms with Gasteiger partial charge in [-0.3, -0.25) is 9.98 Å². The summed E-state index contributed by atoms with van der Waals surface area (Å²) >= 11 is 0. The molecule has 108 heavy (non-hydrogen) atoms. The largest absolute Gasteiger partial charge is 0.507 e. The summed E-state index contributed by atoms with van der Waals surface area (Å²) in [5, 5.41) is 41.9. The Morgan fingerprint density at radius 3 is 0.731 bits per heavy atom. The molecular weight excluding hydrogens is 1330 g/mol. The number of aliphatic hydroxyl groups is 2. The third-order valence-corrected chi connectivity index (χ3v) is 21.7. The van der Waals surface area contributed by atoms with E-state index < -0.39 is 23.3 Å². The van der Waals surface area contributed by atoms with Crippen LogP contribution in [0.15, 0.2) is 146 Å². The zero-order valence-electron chi connectivity index (χ0n) is 70.9. The Bertz CT molecular complexity index is 3120. The van der Waals surface area contributed by atoms with Gasteiger partial charge in [-0.15, -0.1) is 26.3 Å². The maximum Gasteiger partial charge on any atom is 0.144 e. The minimum absolute atomic E-state index is 0.0309. The van der Waals surface area contributed by atoms with Crippen LogP contribution in [0.2, 0.25) is 0 Å². The number of hydrogen-bond donors (Lipinski definition) is 3. The SMILES string of the molecule is C=CCCCCCCCCCOc1ccc(C(C)(C)C)cc1C(O)(c1cc(C(C)(C)C)ccc1OCCCCCCCCCC=C)[C@@H](C)N=Cc1cc(C)cc(C=N[C@H](C)C(O)(c2cc(C(C)(C)C)ccc2OCCCCCCCCCC=C)c2cc(C(C)(C)C)ccc2OCCCCCCCCCC=C)c1O. The summed E-state index contributed by atoms with van der Waals surface area (Å²) in [5.41, 5.74) is 3.66. The Hall–Kier alpha value is -6.68. The van der Waals surface area contributed by atoms with Crippen LogP contribution in [-0.2, 0) is 32.9 Å². The van der Waals surface area contributed by atoms with Crippen LogP contribution >= 0.6 is 0 Å². The van der Waals surface area contributed by atoms with E-state index in [-0.39, 0.29) is 27.4 Å². The molecule has 3 N–H and O–H groups in total. The number of allylic oxidation sites excluding steroid dienone is 4. The van der Waals surface area contributed by atoms with Crippen LogP contribution in [0.4, 0.5) is 0 Å². The number of ether oxygens (including phenoxy) is 4. The molecular formula is C99H150N2O7. The lowest BCUT2D eigenvalue weighted by Gasteiger charge is -2.37. The number of aromatic hydroxyl groups is 1. The van der Waals surface area contributed by atoms with Gasteiger partial charge < -0.3 is 34.3 Å². The number of aryl methyl sites for hydroxylation is 1. The molecule has 0 aromatic heterocycles. The monoisotopic (exact) mass is 1480 g/mol. The smallest absolute Gasteiger partial charge is 0.144 e. The molecule has 0 heterocycles. The molecule has 0 amide bonds. The van der Waals surface area contributed by atoms with Gasteiger partial charge in [0.1, 0.15) is 39.9 Å². The molecule has 0 aliphatic rings. The van der Waals surface area contributed by atoms with Crippen LogP contribution in [0.3, 0.4) is 0 Å². The highest BCUT2D eigenvalue weighted by Gasteiger charge is 2.46. The molecule has 9 nitrogen and oxygen atoms in total. The Morgan fingerprint density at radius 2 is 0.528 bits per heavy atom. The number of unbranched alkanes of at least 4 members (excludes halogenated alkanes) is 28. The Kier molecular flexibility index (Phi) is 39.9. The van der Waals surface area contributed by atoms with Crippen molar-refractivity contribution in [2.24, 2.45) is 9.98 Å². The summed E-state index contributed by atoms with van der Waals surface area (Å²) in [6, 6.07) is 27.3. The quantitative estimate of drug-likeness (QED) is 0.0201. The van der Waals surface area contributed by atoms with Gasteiger partial charge in [-0.1, -0.05) is 260 Å². The average Bonchev–Trinajstić information content (AvgIpc) is 0.747. The van der Waals surface area contributed by atoms with Crippen LogP contribution in [-0.4, -0.2) is 66.3 Å². The Balaban J connectivity index is 1.68. The average molecular weight is 1480 g/mol. The fourth-order valence-corrected chi connectivity index (χ4v) is 14.3. The van der Waals surface area contributed by atoms with Gasteiger partial charge in [0.25, 0.3) is 0 Å². The van der Waals surface area contributed by atoms with E-state index >= 15 is 0 Å². The highest BCUT2D eigenvalue weighted by atomic mass is 16.5. The number of rotatable bonds is 54. The third kappa shape index (κ3) is 29.9. The topological polar surface area (TPSA) is 122 Å². The van der Waals surface area contributed by atoms with E-state index in [1.54, 1.807) is 12.4 Å². The molecule has 0 bridgehead atoms. The van der Waals surface area contributed by atoms with Crippen molar-refractivity contribution in [2.75, 3.05) is 26.4 Å². The number of phenolic OH excluding ortho intramolecular Hbond substituents is 1. The molecule has 2 atom stereocenters. The number of aliphatic imine (C=N–C) groups is 2. The van der Waals surface area contributed by atoms with Crippen molar-refractivity contribution < 1.29 is 34.3 Å². The van der Waals surface area contributed by atoms with E-state index in [9.17, 15) is 15.3 Å². The minimum atomic E-state index is -1.82. The lowest BCUT2D eigenvalue weighted by atomic mass is 9.75. The van der Waals surface area contributed by atoms with Gasteiger partial charge >= 0.3 is 0 Å². The van der Waals surface area contributed by atoms with Gasteiger partial charge in [0, 0.05) is 45.8 Å². The van der Waals surface area contributed by atoms with Gasteiger partial charge in [-0.25, -0.2) is 0 Å². The van der Waals surface area contributed by atoms with E-state index in [2.05, 4.69) is 158 Å². The second-order valence-electron chi connectivity index (χ2n) is 35.2. The molecule has 0 spiro atoms. The summed E-state index contributed by atoms with van der Waals surface area (Å²) in [6.45, 7) is 49.9. The zero-order chi connectivity index (χ0) is 79.2. The highest BCUT2D eigenvalue weighted by molar-refractivity contribution is 5.92. The van der Waals surface area contributed by atoms with Crippen LogP contribution in [0.25, 0.3) is 0 Å². The lowest BCUT2D eigenvalue weighted by Crippen LogP contribution is -2.39. The highest BCUT2D eigenvalue weighted by Crippen LogP contribution is 2.49. The standard InChI is InChI=1S/C99H150N2O7/c1-20-24-28-32-36-40-44-48-52-64-105-89-60-56-81(94(8,9)10)70-85(89)98(103,86-71-82(95(11,12)13)57-61-90(86)106-65-53-49-45-41-37-33-29-25-21-2)77(6)100-74-79-68-76(5)69-80(93(79)102)75-101-78(7)99(104,87-72-83(96(14,15)16)58-62-91(87)107-66-54-50-46-42-38-34-30-26-22-3)88-73-84(97(17,18)19)59-63-92(88)108-67-55-51-47-43-39-35-31-27-23-4/h20-23,56-63,68-75,77-78,102-104H,1-4,24-55,64-67H2,5-19H3/t77-,78-/m1/s1. The molecule has 5 aromatic carbocycles. The molecule has 0 radical (unpaired) electrons. The number of hydrogen-bond acceptors (Lipinski definition) is 9. The molecule has 0 saturated carbocycles. The van der Waals surface area contributed by atoms with E-state index in [1.807, 2.05) is 81.5 Å². The van der Waals surface area contributed by atoms with Crippen molar-refractivity contribution in [1.29, 1.82) is 0 Å². The minimum Gasteiger partial charge on any atom is -0.507 e. The Morgan fingerprint density at radius 1 is 0.324 bits per heavy atom. The molecule has 5 rings (SSSR count). The van der Waals surface area contributed by atoms with Crippen LogP contribution in [0.1, 0.15) is 364 Å². The first-order chi connectivity index (χ1) is 51.5. The van der Waals surface area contributed by atoms with Gasteiger partial charge in [-0.05, 0) is 208 Å². The van der Waals surface area contributed by atoms with E-state index in [0.29, 0.717) is 82.8 Å². The van der Waals surface area contributed by atoms with Gasteiger partial charge in [0.2, 0.25) is 0 Å². The first-order valence-corrected chi connectivity index (χ1v) is 42.4. The Labute approximate surface area is 659 Å². The van der Waals surface area contributed by atoms with Gasteiger partial charge in [0.05, 0.1) is 38.5 Å². The summed E-state index contributed by atoms with van der Waals surface area (Å²) in [7, 11) is 0. The van der Waals surface area contributed by atoms with Crippen molar-refractivity contribution in [2.45, 2.75) is 354 Å². The van der Waals surface area contributed by atoms with E-state index in [0.717, 1.165) is 131 Å². The van der Waals surface area contributed by atoms with Crippen molar-refractivity contribution in [3.63, 3.8) is 0 Å². The second-order valence-corrected chi connectivity index (χ2v) is 35.2. The summed E-state index contributed by atoms with van der Waals surface area (Å²) in [4.78, 5) is 10.7. The van der Waals surface area contributed by atoms with Gasteiger partial charge in [-0.2, -0.15) is 0 Å². The summed E-state index contributed by atoms with van der Waals surface area (Å²) < 4.78 is 27.6. The number of nitrogens with zero attached hydrogens (tertiary/aromatic N) is 2. The lowest BCUT2D eigenvalue weighted by molar-refractivity contribution is 0.0516. The fraction of sp³-hybridized carbons (Fsp3) is 0.596. The summed E-state index contributed by atoms with van der Waals surface area (Å²) in [6.07, 6.45) is 47.3. The second kappa shape index (κ2) is 46.9. The number of phenols is 1. The molecule has 0 saturated heterocycles. The molecule has 5 aromatic rings. The van der Waals surface area contributed by atoms with E-state index in [1.165, 1.54) is 103 Å². The summed E-state index contributed by atoms with van der Waals surface area (Å²) in [5.74, 6) is 2.37. The zero-order valence-corrected chi connectivity index (χ0v) is 70.9. The van der Waals surface area contributed by atoms with Crippen molar-refractivity contribution >= 4 is 12.4 Å². The van der Waals surface area contributed by atoms with Crippen LogP contribution in [0.5, 0.6) is 28.7 Å². The molecule has 0 aliphatic heterocycles. The maximum absolute atomic E-state index is 14.5. The molecule has 0 fully saturated rings. The predicted molar refractivity (Wildman–Crippen MR) is 464 cm³/mol. The molecule has 9 heteroatoms. The molecule has 0 unspecified atom stereocenters. The number of benzene rings is 5. The van der Waals surface area contributed by atoms with Crippen molar-refractivity contribution in [3.8, 4) is 28.7 Å². The maximum atomic E-state index is 14.5. The van der Waals surface area contributed by atoms with Gasteiger partial charge in [0.15, 0.2) is 0 Å².